The van der Waals surface area contributed by atoms with Crippen LogP contribution in [0.3, 0.4) is 0 Å². The highest BCUT2D eigenvalue weighted by Crippen LogP contribution is 2.40. The summed E-state index contributed by atoms with van der Waals surface area (Å²) < 4.78 is 50.8. The number of halogens is 3. The molecule has 2 amide bonds. The number of piperidine rings is 1. The summed E-state index contributed by atoms with van der Waals surface area (Å²) in [6.45, 7) is 4.99. The Labute approximate surface area is 198 Å². The molecule has 2 aromatic heterocycles. The minimum Gasteiger partial charge on any atom is -0.466 e. The van der Waals surface area contributed by atoms with Crippen molar-refractivity contribution < 1.29 is 37.0 Å². The zero-order valence-electron chi connectivity index (χ0n) is 19.6. The maximum absolute atomic E-state index is 13.1. The molecule has 1 aliphatic heterocycles. The first-order valence-corrected chi connectivity index (χ1v) is 10.8. The topological polar surface area (TPSA) is 120 Å². The predicted octanol–water partition coefficient (Wildman–Crippen LogP) is 2.70. The molecule has 0 radical (unpaired) electrons. The van der Waals surface area contributed by atoms with E-state index in [0.717, 1.165) is 29.8 Å². The lowest BCUT2D eigenvalue weighted by Crippen LogP contribution is -2.40. The molecule has 0 aliphatic carbocycles. The van der Waals surface area contributed by atoms with Crippen LogP contribution >= 0.6 is 0 Å². The molecule has 35 heavy (non-hydrogen) atoms. The third kappa shape index (κ3) is 5.69. The van der Waals surface area contributed by atoms with Gasteiger partial charge in [0.05, 0.1) is 12.5 Å². The van der Waals surface area contributed by atoms with Crippen molar-refractivity contribution in [2.24, 2.45) is 13.0 Å². The average Bonchev–Trinajstić information content (AvgIpc) is 3.15. The Morgan fingerprint density at radius 3 is 2.29 bits per heavy atom. The second kappa shape index (κ2) is 10.3. The van der Waals surface area contributed by atoms with Crippen LogP contribution in [-0.4, -0.2) is 57.2 Å². The zero-order valence-corrected chi connectivity index (χ0v) is 19.6. The van der Waals surface area contributed by atoms with Gasteiger partial charge in [-0.1, -0.05) is 0 Å². The Bertz CT molecular complexity index is 1100. The lowest BCUT2D eigenvalue weighted by Gasteiger charge is -2.34. The third-order valence-electron chi connectivity index (χ3n) is 5.37. The van der Waals surface area contributed by atoms with E-state index >= 15 is 0 Å². The van der Waals surface area contributed by atoms with E-state index in [1.807, 2.05) is 0 Å². The number of nitrogens with zero attached hydrogens (tertiary/aromatic N) is 6. The fraction of sp³-hybridized carbons (Fsp3) is 0.524. The monoisotopic (exact) mass is 498 g/mol. The Morgan fingerprint density at radius 1 is 1.14 bits per heavy atom. The molecule has 0 N–H and O–H groups in total. The fourth-order valence-electron chi connectivity index (χ4n) is 3.76. The molecule has 14 heteroatoms. The molecule has 0 bridgehead atoms. The van der Waals surface area contributed by atoms with Gasteiger partial charge in [-0.3, -0.25) is 14.4 Å². The highest BCUT2D eigenvalue weighted by Gasteiger charge is 2.36. The maximum Gasteiger partial charge on any atom is 0.435 e. The zero-order chi connectivity index (χ0) is 25.9. The Morgan fingerprint density at radius 2 is 1.77 bits per heavy atom. The van der Waals surface area contributed by atoms with Crippen LogP contribution in [-0.2, 0) is 32.3 Å². The second-order valence-corrected chi connectivity index (χ2v) is 7.83. The van der Waals surface area contributed by atoms with Crippen LogP contribution < -0.4 is 14.5 Å². The van der Waals surface area contributed by atoms with Gasteiger partial charge in [0.15, 0.2) is 17.2 Å². The van der Waals surface area contributed by atoms with Crippen molar-refractivity contribution in [1.82, 2.24) is 19.7 Å². The van der Waals surface area contributed by atoms with E-state index in [1.54, 1.807) is 11.8 Å². The van der Waals surface area contributed by atoms with Crippen molar-refractivity contribution in [3.63, 3.8) is 0 Å². The lowest BCUT2D eigenvalue weighted by atomic mass is 9.97. The molecule has 3 heterocycles. The summed E-state index contributed by atoms with van der Waals surface area (Å²) in [5, 5.41) is 3.40. The summed E-state index contributed by atoms with van der Waals surface area (Å²) >= 11 is 0. The number of aryl methyl sites for hydroxylation is 1. The molecule has 0 atom stereocenters. The summed E-state index contributed by atoms with van der Waals surface area (Å²) in [5.74, 6) is -2.38. The molecule has 0 aromatic carbocycles. The molecule has 11 nitrogen and oxygen atoms in total. The van der Waals surface area contributed by atoms with Crippen molar-refractivity contribution in [3.05, 3.63) is 18.1 Å². The number of imide groups is 1. The highest BCUT2D eigenvalue weighted by atomic mass is 19.4. The second-order valence-electron chi connectivity index (χ2n) is 7.83. The minimum atomic E-state index is -4.70. The Kier molecular flexibility index (Phi) is 7.60. The Hall–Kier alpha value is -3.71. The van der Waals surface area contributed by atoms with Crippen LogP contribution in [0.5, 0.6) is 11.8 Å². The van der Waals surface area contributed by atoms with Crippen LogP contribution in [0.25, 0.3) is 0 Å². The molecule has 0 unspecified atom stereocenters. The third-order valence-corrected chi connectivity index (χ3v) is 5.37. The van der Waals surface area contributed by atoms with E-state index in [-0.39, 0.29) is 41.8 Å². The van der Waals surface area contributed by atoms with Gasteiger partial charge < -0.3 is 14.4 Å². The normalized spacial score (nSPS) is 14.5. The first kappa shape index (κ1) is 25.9. The van der Waals surface area contributed by atoms with Gasteiger partial charge in [0, 0.05) is 40.1 Å². The van der Waals surface area contributed by atoms with Crippen LogP contribution in [0, 0.1) is 5.92 Å². The molecular formula is C21H25F3N6O5. The molecule has 0 spiro atoms. The van der Waals surface area contributed by atoms with E-state index in [4.69, 9.17) is 9.47 Å². The summed E-state index contributed by atoms with van der Waals surface area (Å²) in [4.78, 5) is 47.6. The van der Waals surface area contributed by atoms with Crippen LogP contribution in [0.15, 0.2) is 12.4 Å². The maximum atomic E-state index is 13.1. The number of alkyl halides is 3. The summed E-state index contributed by atoms with van der Waals surface area (Å²) in [6.07, 6.45) is -2.71. The molecule has 0 saturated carbocycles. The summed E-state index contributed by atoms with van der Waals surface area (Å²) in [6, 6.07) is 0.683. The van der Waals surface area contributed by atoms with Gasteiger partial charge >= 0.3 is 12.1 Å². The molecular weight excluding hydrogens is 473 g/mol. The number of carbonyl (C=O) groups excluding carboxylic acids is 3. The first-order valence-electron chi connectivity index (χ1n) is 10.8. The number of carbonyl (C=O) groups is 3. The SMILES string of the molecule is CCOC(=O)C1CCN(c2ncnc(Oc3cc(C(F)(F)F)nn3C)c2N(C(C)=O)C(C)=O)CC1. The van der Waals surface area contributed by atoms with Gasteiger partial charge in [0.1, 0.15) is 6.33 Å². The number of ether oxygens (including phenoxy) is 2. The molecule has 1 saturated heterocycles. The molecule has 1 aliphatic rings. The number of esters is 1. The van der Waals surface area contributed by atoms with Gasteiger partial charge in [-0.05, 0) is 19.8 Å². The van der Waals surface area contributed by atoms with Crippen molar-refractivity contribution in [3.8, 4) is 11.8 Å². The van der Waals surface area contributed by atoms with Crippen LogP contribution in [0.4, 0.5) is 24.7 Å². The van der Waals surface area contributed by atoms with Gasteiger partial charge in [-0.15, -0.1) is 0 Å². The van der Waals surface area contributed by atoms with Gasteiger partial charge in [-0.2, -0.15) is 23.3 Å². The lowest BCUT2D eigenvalue weighted by molar-refractivity contribution is -0.148. The molecule has 3 rings (SSSR count). The number of amides is 2. The van der Waals surface area contributed by atoms with Gasteiger partial charge in [0.25, 0.3) is 5.88 Å². The quantitative estimate of drug-likeness (QED) is 0.554. The smallest absolute Gasteiger partial charge is 0.435 e. The summed E-state index contributed by atoms with van der Waals surface area (Å²) in [7, 11) is 1.25. The van der Waals surface area contributed by atoms with Crippen molar-refractivity contribution in [1.29, 1.82) is 0 Å². The van der Waals surface area contributed by atoms with Crippen molar-refractivity contribution in [2.75, 3.05) is 29.5 Å². The van der Waals surface area contributed by atoms with E-state index in [9.17, 15) is 27.6 Å². The van der Waals surface area contributed by atoms with Crippen LogP contribution in [0.1, 0.15) is 39.3 Å². The summed E-state index contributed by atoms with van der Waals surface area (Å²) in [5.41, 5.74) is -1.29. The molecule has 190 valence electrons. The predicted molar refractivity (Wildman–Crippen MR) is 116 cm³/mol. The van der Waals surface area contributed by atoms with E-state index < -0.39 is 23.7 Å². The van der Waals surface area contributed by atoms with Gasteiger partial charge in [-0.25, -0.2) is 14.6 Å². The number of hydrogen-bond acceptors (Lipinski definition) is 9. The largest absolute Gasteiger partial charge is 0.466 e. The van der Waals surface area contributed by atoms with E-state index in [2.05, 4.69) is 15.1 Å². The number of hydrogen-bond donors (Lipinski definition) is 0. The van der Waals surface area contributed by atoms with Crippen LogP contribution in [0.2, 0.25) is 0 Å². The van der Waals surface area contributed by atoms with E-state index in [0.29, 0.717) is 32.0 Å². The Balaban J connectivity index is 2.01. The first-order chi connectivity index (χ1) is 16.4. The highest BCUT2D eigenvalue weighted by molar-refractivity contribution is 6.15. The van der Waals surface area contributed by atoms with Gasteiger partial charge in [0.2, 0.25) is 17.7 Å². The van der Waals surface area contributed by atoms with Crippen molar-refractivity contribution in [2.45, 2.75) is 39.8 Å². The molecule has 2 aromatic rings. The number of rotatable bonds is 6. The standard InChI is InChI=1S/C21H25F3N6O5/c1-5-34-20(33)14-6-8-29(9-7-14)18-17(30(12(2)31)13(3)32)19(26-11-25-18)35-16-10-15(21(22,23)24)27-28(16)4/h10-11,14H,5-9H2,1-4H3. The average molecular weight is 498 g/mol. The van der Waals surface area contributed by atoms with Crippen molar-refractivity contribution >= 4 is 29.3 Å². The number of anilines is 2. The molecule has 1 fully saturated rings. The minimum absolute atomic E-state index is 0.114. The van der Waals surface area contributed by atoms with E-state index in [1.165, 1.54) is 7.05 Å². The number of aromatic nitrogens is 4. The fourth-order valence-corrected chi connectivity index (χ4v) is 3.76.